The summed E-state index contributed by atoms with van der Waals surface area (Å²) in [5.74, 6) is -1.29. The molecular weight excluding hydrogens is 248 g/mol. The van der Waals surface area contributed by atoms with Gasteiger partial charge in [-0.05, 0) is 18.6 Å². The summed E-state index contributed by atoms with van der Waals surface area (Å²) >= 11 is 0. The zero-order valence-corrected chi connectivity index (χ0v) is 10.7. The summed E-state index contributed by atoms with van der Waals surface area (Å²) in [6.45, 7) is 1.91. The molecule has 5 heteroatoms. The minimum atomic E-state index is -1.29. The number of ether oxygens (including phenoxy) is 1. The monoisotopic (exact) mass is 262 g/mol. The van der Waals surface area contributed by atoms with E-state index in [0.717, 1.165) is 5.56 Å². The van der Waals surface area contributed by atoms with Crippen LogP contribution in [0.3, 0.4) is 0 Å². The highest BCUT2D eigenvalue weighted by Crippen LogP contribution is 2.20. The van der Waals surface area contributed by atoms with E-state index >= 15 is 0 Å². The Labute approximate surface area is 109 Å². The van der Waals surface area contributed by atoms with Gasteiger partial charge in [-0.15, -0.1) is 0 Å². The zero-order valence-electron chi connectivity index (χ0n) is 10.7. The van der Waals surface area contributed by atoms with Gasteiger partial charge in [-0.25, -0.2) is 9.59 Å². The number of benzene rings is 1. The summed E-state index contributed by atoms with van der Waals surface area (Å²) in [4.78, 5) is 22.5. The molecule has 1 heterocycles. The Balaban J connectivity index is 2.60. The fourth-order valence-electron chi connectivity index (χ4n) is 1.91. The molecule has 0 unspecified atom stereocenters. The van der Waals surface area contributed by atoms with Crippen LogP contribution in [0.1, 0.15) is 22.8 Å². The number of carbonyl (C=O) groups is 1. The number of hydrogen-bond donors (Lipinski definition) is 1. The van der Waals surface area contributed by atoms with Crippen molar-refractivity contribution in [2.45, 2.75) is 19.4 Å². The van der Waals surface area contributed by atoms with Crippen molar-refractivity contribution in [3.8, 4) is 0 Å². The average molecular weight is 262 g/mol. The molecule has 0 radical (unpaired) electrons. The molecule has 100 valence electrons. The van der Waals surface area contributed by atoms with Gasteiger partial charge < -0.3 is 14.3 Å². The number of carboxylic acids is 1. The predicted octanol–water partition coefficient (Wildman–Crippen LogP) is 2.07. The van der Waals surface area contributed by atoms with Gasteiger partial charge in [-0.1, -0.05) is 18.2 Å². The zero-order chi connectivity index (χ0) is 14.0. The molecule has 0 saturated carbocycles. The lowest BCUT2D eigenvalue weighted by atomic mass is 10.0. The third-order valence-corrected chi connectivity index (χ3v) is 2.98. The fraction of sp³-hybridized carbons (Fsp3) is 0.286. The summed E-state index contributed by atoms with van der Waals surface area (Å²) in [7, 11) is 1.61. The number of hydrogen-bond acceptors (Lipinski definition) is 4. The van der Waals surface area contributed by atoms with E-state index in [4.69, 9.17) is 14.3 Å². The summed E-state index contributed by atoms with van der Waals surface area (Å²) < 4.78 is 10.3. The standard InChI is InChI=1S/C14H14O5/c1-8(18-2)6-9-4-3-5-10-7-11(13(15)16)14(17)19-12(9)10/h3-5,7-8H,6H2,1-2H3,(H,15,16)/t8-/m1/s1. The molecule has 2 aromatic rings. The van der Waals surface area contributed by atoms with Gasteiger partial charge in [0.15, 0.2) is 0 Å². The Morgan fingerprint density at radius 3 is 2.84 bits per heavy atom. The van der Waals surface area contributed by atoms with Gasteiger partial charge in [-0.2, -0.15) is 0 Å². The highest BCUT2D eigenvalue weighted by molar-refractivity contribution is 5.92. The second kappa shape index (κ2) is 5.24. The van der Waals surface area contributed by atoms with Crippen molar-refractivity contribution in [1.82, 2.24) is 0 Å². The Kier molecular flexibility index (Phi) is 3.66. The van der Waals surface area contributed by atoms with Crippen molar-refractivity contribution in [3.05, 3.63) is 45.8 Å². The van der Waals surface area contributed by atoms with E-state index in [1.165, 1.54) is 6.07 Å². The van der Waals surface area contributed by atoms with Crippen molar-refractivity contribution < 1.29 is 19.1 Å². The normalized spacial score (nSPS) is 12.5. The maximum Gasteiger partial charge on any atom is 0.351 e. The Morgan fingerprint density at radius 2 is 2.21 bits per heavy atom. The van der Waals surface area contributed by atoms with Crippen LogP contribution in [-0.2, 0) is 11.2 Å². The SMILES string of the molecule is CO[C@H](C)Cc1cccc2cc(C(=O)O)c(=O)oc12. The predicted molar refractivity (Wildman–Crippen MR) is 69.6 cm³/mol. The van der Waals surface area contributed by atoms with Crippen LogP contribution in [0.25, 0.3) is 11.0 Å². The van der Waals surface area contributed by atoms with E-state index in [2.05, 4.69) is 0 Å². The lowest BCUT2D eigenvalue weighted by Gasteiger charge is -2.10. The van der Waals surface area contributed by atoms with E-state index in [1.54, 1.807) is 19.2 Å². The molecule has 0 saturated heterocycles. The molecule has 1 aromatic heterocycles. The first-order valence-electron chi connectivity index (χ1n) is 5.84. The van der Waals surface area contributed by atoms with Crippen LogP contribution in [0.5, 0.6) is 0 Å². The number of rotatable bonds is 4. The highest BCUT2D eigenvalue weighted by Gasteiger charge is 2.14. The number of aromatic carboxylic acids is 1. The van der Waals surface area contributed by atoms with Crippen LogP contribution in [0.2, 0.25) is 0 Å². The van der Waals surface area contributed by atoms with Crippen LogP contribution in [0.15, 0.2) is 33.5 Å². The largest absolute Gasteiger partial charge is 0.477 e. The summed E-state index contributed by atoms with van der Waals surface area (Å²) in [5.41, 5.74) is 0.0456. The van der Waals surface area contributed by atoms with Crippen LogP contribution in [0.4, 0.5) is 0 Å². The van der Waals surface area contributed by atoms with Crippen molar-refractivity contribution in [2.75, 3.05) is 7.11 Å². The summed E-state index contributed by atoms with van der Waals surface area (Å²) in [5, 5.41) is 9.49. The molecule has 0 bridgehead atoms. The van der Waals surface area contributed by atoms with Crippen molar-refractivity contribution in [3.63, 3.8) is 0 Å². The maximum absolute atomic E-state index is 11.6. The first-order chi connectivity index (χ1) is 9.02. The van der Waals surface area contributed by atoms with Gasteiger partial charge in [0.1, 0.15) is 11.1 Å². The molecule has 0 fully saturated rings. The number of carboxylic acid groups (broad SMARTS) is 1. The summed E-state index contributed by atoms with van der Waals surface area (Å²) in [6, 6.07) is 6.68. The van der Waals surface area contributed by atoms with E-state index in [1.807, 2.05) is 13.0 Å². The molecule has 1 N–H and O–H groups in total. The molecule has 0 spiro atoms. The summed E-state index contributed by atoms with van der Waals surface area (Å²) in [6.07, 6.45) is 0.568. The molecule has 0 aliphatic heterocycles. The lowest BCUT2D eigenvalue weighted by Crippen LogP contribution is -2.14. The third-order valence-electron chi connectivity index (χ3n) is 2.98. The third kappa shape index (κ3) is 2.66. The van der Waals surface area contributed by atoms with Crippen LogP contribution >= 0.6 is 0 Å². The van der Waals surface area contributed by atoms with Gasteiger partial charge in [0.25, 0.3) is 0 Å². The van der Waals surface area contributed by atoms with Gasteiger partial charge in [0.2, 0.25) is 0 Å². The fourth-order valence-corrected chi connectivity index (χ4v) is 1.91. The molecule has 1 atom stereocenters. The molecule has 0 aliphatic rings. The Morgan fingerprint density at radius 1 is 1.47 bits per heavy atom. The van der Waals surface area contributed by atoms with Crippen molar-refractivity contribution in [1.29, 1.82) is 0 Å². The molecule has 19 heavy (non-hydrogen) atoms. The quantitative estimate of drug-likeness (QED) is 0.853. The van der Waals surface area contributed by atoms with E-state index < -0.39 is 11.6 Å². The second-order valence-electron chi connectivity index (χ2n) is 4.34. The average Bonchev–Trinajstić information content (AvgIpc) is 2.38. The maximum atomic E-state index is 11.6. The topological polar surface area (TPSA) is 76.7 Å². The van der Waals surface area contributed by atoms with Crippen LogP contribution in [-0.4, -0.2) is 24.3 Å². The molecule has 0 aliphatic carbocycles. The first-order valence-corrected chi connectivity index (χ1v) is 5.84. The van der Waals surface area contributed by atoms with Crippen LogP contribution < -0.4 is 5.63 Å². The molecule has 1 aromatic carbocycles. The van der Waals surface area contributed by atoms with Crippen molar-refractivity contribution >= 4 is 16.9 Å². The molecule has 0 amide bonds. The van der Waals surface area contributed by atoms with E-state index in [0.29, 0.717) is 17.4 Å². The number of fused-ring (bicyclic) bond motifs is 1. The first kappa shape index (κ1) is 13.3. The van der Waals surface area contributed by atoms with Crippen molar-refractivity contribution in [2.24, 2.45) is 0 Å². The van der Waals surface area contributed by atoms with Gasteiger partial charge in [-0.3, -0.25) is 0 Å². The smallest absolute Gasteiger partial charge is 0.351 e. The molecule has 2 rings (SSSR count). The molecular formula is C14H14O5. The lowest BCUT2D eigenvalue weighted by molar-refractivity contribution is 0.0692. The highest BCUT2D eigenvalue weighted by atomic mass is 16.5. The van der Waals surface area contributed by atoms with E-state index in [-0.39, 0.29) is 11.7 Å². The second-order valence-corrected chi connectivity index (χ2v) is 4.34. The van der Waals surface area contributed by atoms with E-state index in [9.17, 15) is 9.59 Å². The Hall–Kier alpha value is -2.14. The number of para-hydroxylation sites is 1. The molecule has 5 nitrogen and oxygen atoms in total. The number of methoxy groups -OCH3 is 1. The van der Waals surface area contributed by atoms with Crippen LogP contribution in [0, 0.1) is 0 Å². The minimum absolute atomic E-state index is 0.0185. The van der Waals surface area contributed by atoms with Gasteiger partial charge in [0.05, 0.1) is 6.10 Å². The van der Waals surface area contributed by atoms with Gasteiger partial charge in [0, 0.05) is 18.9 Å². The Bertz CT molecular complexity index is 671. The van der Waals surface area contributed by atoms with Gasteiger partial charge >= 0.3 is 11.6 Å². The minimum Gasteiger partial charge on any atom is -0.477 e.